The van der Waals surface area contributed by atoms with E-state index < -0.39 is 0 Å². The minimum atomic E-state index is 0.136. The number of anilines is 1. The van der Waals surface area contributed by atoms with E-state index in [0.29, 0.717) is 12.0 Å². The predicted molar refractivity (Wildman–Crippen MR) is 76.8 cm³/mol. The Morgan fingerprint density at radius 3 is 2.50 bits per heavy atom. The van der Waals surface area contributed by atoms with E-state index in [2.05, 4.69) is 30.9 Å². The molecule has 1 aromatic rings. The Morgan fingerprint density at radius 2 is 1.89 bits per heavy atom. The molecule has 2 heteroatoms. The summed E-state index contributed by atoms with van der Waals surface area (Å²) < 4.78 is 0. The Hall–Kier alpha value is -1.02. The van der Waals surface area contributed by atoms with Gasteiger partial charge in [-0.3, -0.25) is 0 Å². The molecule has 18 heavy (non-hydrogen) atoms. The molecule has 0 atom stereocenters. The average Bonchev–Trinajstić information content (AvgIpc) is 2.89. The first kappa shape index (κ1) is 13.4. The van der Waals surface area contributed by atoms with Gasteiger partial charge in [0.1, 0.15) is 0 Å². The molecular weight excluding hydrogens is 222 g/mol. The Morgan fingerprint density at radius 1 is 1.22 bits per heavy atom. The lowest BCUT2D eigenvalue weighted by Crippen LogP contribution is -2.37. The number of hydrogen-bond acceptors (Lipinski definition) is 2. The maximum atomic E-state index is 9.52. The van der Waals surface area contributed by atoms with Gasteiger partial charge in [-0.2, -0.15) is 0 Å². The first-order chi connectivity index (χ1) is 8.72. The molecule has 2 nitrogen and oxygen atoms in total. The van der Waals surface area contributed by atoms with Crippen molar-refractivity contribution in [3.63, 3.8) is 0 Å². The second kappa shape index (κ2) is 6.24. The summed E-state index contributed by atoms with van der Waals surface area (Å²) in [5.74, 6) is 0.650. The second-order valence-corrected chi connectivity index (χ2v) is 5.77. The molecule has 1 N–H and O–H groups in total. The van der Waals surface area contributed by atoms with Gasteiger partial charge in [-0.15, -0.1) is 0 Å². The maximum absolute atomic E-state index is 9.52. The minimum absolute atomic E-state index is 0.136. The first-order valence-corrected chi connectivity index (χ1v) is 7.17. The van der Waals surface area contributed by atoms with E-state index in [1.165, 1.54) is 31.4 Å². The lowest BCUT2D eigenvalue weighted by Gasteiger charge is -2.34. The van der Waals surface area contributed by atoms with E-state index in [0.717, 1.165) is 12.1 Å². The van der Waals surface area contributed by atoms with Crippen LogP contribution in [0.1, 0.15) is 45.1 Å². The van der Waals surface area contributed by atoms with Gasteiger partial charge < -0.3 is 10.0 Å². The molecule has 0 aliphatic heterocycles. The largest absolute Gasteiger partial charge is 0.392 e. The summed E-state index contributed by atoms with van der Waals surface area (Å²) in [6, 6.07) is 8.96. The molecule has 1 aromatic carbocycles. The van der Waals surface area contributed by atoms with Crippen molar-refractivity contribution < 1.29 is 5.11 Å². The molecule has 1 fully saturated rings. The third-order valence-corrected chi connectivity index (χ3v) is 3.80. The molecule has 0 heterocycles. The van der Waals surface area contributed by atoms with Crippen LogP contribution in [0.25, 0.3) is 0 Å². The molecule has 1 aliphatic rings. The molecule has 0 spiro atoms. The van der Waals surface area contributed by atoms with Crippen molar-refractivity contribution in [1.82, 2.24) is 0 Å². The molecule has 0 amide bonds. The monoisotopic (exact) mass is 247 g/mol. The van der Waals surface area contributed by atoms with E-state index >= 15 is 0 Å². The Balaban J connectivity index is 2.26. The van der Waals surface area contributed by atoms with Gasteiger partial charge in [-0.1, -0.05) is 44.9 Å². The van der Waals surface area contributed by atoms with Gasteiger partial charge in [0.25, 0.3) is 0 Å². The third-order valence-electron chi connectivity index (χ3n) is 3.80. The molecule has 0 saturated heterocycles. The summed E-state index contributed by atoms with van der Waals surface area (Å²) >= 11 is 0. The molecule has 0 bridgehead atoms. The van der Waals surface area contributed by atoms with Crippen molar-refractivity contribution in [2.45, 2.75) is 52.2 Å². The standard InChI is InChI=1S/C16H25NO/c1-13(2)11-17(15-8-4-5-9-15)16-10-6-3-7-14(16)12-18/h3,6-7,10,13,15,18H,4-5,8-9,11-12H2,1-2H3. The van der Waals surface area contributed by atoms with Crippen molar-refractivity contribution in [2.75, 3.05) is 11.4 Å². The second-order valence-electron chi connectivity index (χ2n) is 5.77. The molecule has 1 aliphatic carbocycles. The fourth-order valence-electron chi connectivity index (χ4n) is 2.98. The van der Waals surface area contributed by atoms with E-state index in [1.807, 2.05) is 12.1 Å². The lowest BCUT2D eigenvalue weighted by atomic mass is 10.1. The van der Waals surface area contributed by atoms with Crippen LogP contribution in [0.15, 0.2) is 24.3 Å². The van der Waals surface area contributed by atoms with Crippen molar-refractivity contribution in [1.29, 1.82) is 0 Å². The number of hydrogen-bond donors (Lipinski definition) is 1. The number of nitrogens with zero attached hydrogens (tertiary/aromatic N) is 1. The maximum Gasteiger partial charge on any atom is 0.0702 e. The van der Waals surface area contributed by atoms with Crippen LogP contribution in [0, 0.1) is 5.92 Å². The fourth-order valence-corrected chi connectivity index (χ4v) is 2.98. The van der Waals surface area contributed by atoms with Crippen molar-refractivity contribution in [3.8, 4) is 0 Å². The highest BCUT2D eigenvalue weighted by Gasteiger charge is 2.24. The zero-order chi connectivity index (χ0) is 13.0. The lowest BCUT2D eigenvalue weighted by molar-refractivity contribution is 0.281. The zero-order valence-corrected chi connectivity index (χ0v) is 11.6. The molecule has 2 rings (SSSR count). The summed E-state index contributed by atoms with van der Waals surface area (Å²) in [6.07, 6.45) is 5.29. The quantitative estimate of drug-likeness (QED) is 0.859. The molecule has 0 aromatic heterocycles. The Kier molecular flexibility index (Phi) is 4.65. The van der Waals surface area contributed by atoms with Crippen LogP contribution in [0.4, 0.5) is 5.69 Å². The highest BCUT2D eigenvalue weighted by atomic mass is 16.3. The number of aliphatic hydroxyl groups excluding tert-OH is 1. The van der Waals surface area contributed by atoms with Gasteiger partial charge >= 0.3 is 0 Å². The van der Waals surface area contributed by atoms with Crippen LogP contribution < -0.4 is 4.90 Å². The fraction of sp³-hybridized carbons (Fsp3) is 0.625. The first-order valence-electron chi connectivity index (χ1n) is 7.17. The molecular formula is C16H25NO. The van der Waals surface area contributed by atoms with Crippen LogP contribution in [0.2, 0.25) is 0 Å². The van der Waals surface area contributed by atoms with Crippen LogP contribution in [0.5, 0.6) is 0 Å². The average molecular weight is 247 g/mol. The highest BCUT2D eigenvalue weighted by molar-refractivity contribution is 5.54. The van der Waals surface area contributed by atoms with Gasteiger partial charge in [0, 0.05) is 23.8 Å². The van der Waals surface area contributed by atoms with Gasteiger partial charge in [-0.25, -0.2) is 0 Å². The number of benzene rings is 1. The van der Waals surface area contributed by atoms with E-state index in [1.54, 1.807) is 0 Å². The van der Waals surface area contributed by atoms with Crippen LogP contribution in [-0.4, -0.2) is 17.7 Å². The van der Waals surface area contributed by atoms with Crippen LogP contribution in [0.3, 0.4) is 0 Å². The van der Waals surface area contributed by atoms with E-state index in [9.17, 15) is 5.11 Å². The highest BCUT2D eigenvalue weighted by Crippen LogP contribution is 2.31. The number of rotatable bonds is 5. The molecule has 1 saturated carbocycles. The van der Waals surface area contributed by atoms with Crippen LogP contribution in [-0.2, 0) is 6.61 Å². The van der Waals surface area contributed by atoms with Crippen molar-refractivity contribution >= 4 is 5.69 Å². The zero-order valence-electron chi connectivity index (χ0n) is 11.6. The third kappa shape index (κ3) is 3.05. The summed E-state index contributed by atoms with van der Waals surface area (Å²) in [6.45, 7) is 5.76. The van der Waals surface area contributed by atoms with E-state index in [-0.39, 0.29) is 6.61 Å². The normalized spacial score (nSPS) is 16.4. The van der Waals surface area contributed by atoms with Crippen molar-refractivity contribution in [2.24, 2.45) is 5.92 Å². The van der Waals surface area contributed by atoms with Crippen LogP contribution >= 0.6 is 0 Å². The topological polar surface area (TPSA) is 23.5 Å². The van der Waals surface area contributed by atoms with Gasteiger partial charge in [0.2, 0.25) is 0 Å². The summed E-state index contributed by atoms with van der Waals surface area (Å²) in [5, 5.41) is 9.52. The molecule has 100 valence electrons. The van der Waals surface area contributed by atoms with Crippen molar-refractivity contribution in [3.05, 3.63) is 29.8 Å². The van der Waals surface area contributed by atoms with Gasteiger partial charge in [-0.05, 0) is 24.8 Å². The Labute approximate surface area is 111 Å². The van der Waals surface area contributed by atoms with Gasteiger partial charge in [0.15, 0.2) is 0 Å². The summed E-state index contributed by atoms with van der Waals surface area (Å²) in [5.41, 5.74) is 2.30. The summed E-state index contributed by atoms with van der Waals surface area (Å²) in [7, 11) is 0. The number of para-hydroxylation sites is 1. The minimum Gasteiger partial charge on any atom is -0.392 e. The molecule has 0 unspecified atom stereocenters. The van der Waals surface area contributed by atoms with Gasteiger partial charge in [0.05, 0.1) is 6.61 Å². The summed E-state index contributed by atoms with van der Waals surface area (Å²) in [4.78, 5) is 2.53. The van der Waals surface area contributed by atoms with E-state index in [4.69, 9.17) is 0 Å². The Bertz CT molecular complexity index is 369. The molecule has 0 radical (unpaired) electrons. The smallest absolute Gasteiger partial charge is 0.0702 e. The predicted octanol–water partition coefficient (Wildman–Crippen LogP) is 3.58. The number of aliphatic hydroxyl groups is 1. The SMILES string of the molecule is CC(C)CN(c1ccccc1CO)C1CCCC1.